The average Bonchev–Trinajstić information content (AvgIpc) is 2.26. The topological polar surface area (TPSA) is 50.4 Å². The van der Waals surface area contributed by atoms with Crippen LogP contribution in [0.2, 0.25) is 0 Å². The van der Waals surface area contributed by atoms with Crippen molar-refractivity contribution >= 4 is 18.5 Å². The Kier molecular flexibility index (Phi) is 5.93. The van der Waals surface area contributed by atoms with Crippen molar-refractivity contribution in [2.24, 2.45) is 11.8 Å². The maximum atomic E-state index is 11.7. The molecular weight excluding hydrogens is 264 g/mol. The maximum Gasteiger partial charge on any atom is 0.407 e. The van der Waals surface area contributed by atoms with E-state index in [9.17, 15) is 4.79 Å². The summed E-state index contributed by atoms with van der Waals surface area (Å²) in [6.07, 6.45) is 4.41. The highest BCUT2D eigenvalue weighted by atomic mass is 35.5. The Balaban J connectivity index is 0.00000180. The largest absolute Gasteiger partial charge is 0.444 e. The molecule has 2 rings (SSSR count). The van der Waals surface area contributed by atoms with E-state index in [1.807, 2.05) is 20.8 Å². The van der Waals surface area contributed by atoms with E-state index in [1.165, 1.54) is 12.8 Å². The number of ether oxygens (including phenoxy) is 1. The van der Waals surface area contributed by atoms with Gasteiger partial charge in [-0.2, -0.15) is 0 Å². The van der Waals surface area contributed by atoms with Crippen LogP contribution >= 0.6 is 12.4 Å². The molecule has 0 aromatic carbocycles. The fourth-order valence-electron chi connectivity index (χ4n) is 3.13. The highest BCUT2D eigenvalue weighted by Gasteiger charge is 2.33. The van der Waals surface area contributed by atoms with E-state index in [1.54, 1.807) is 0 Å². The van der Waals surface area contributed by atoms with Crippen molar-refractivity contribution in [2.75, 3.05) is 13.1 Å². The quantitative estimate of drug-likeness (QED) is 0.781. The molecule has 1 saturated heterocycles. The third kappa shape index (κ3) is 5.19. The molecule has 3 atom stereocenters. The lowest BCUT2D eigenvalue weighted by Crippen LogP contribution is -2.47. The molecule has 4 nitrogen and oxygen atoms in total. The van der Waals surface area contributed by atoms with E-state index in [2.05, 4.69) is 10.6 Å². The normalized spacial score (nSPS) is 30.8. The maximum absolute atomic E-state index is 11.7. The standard InChI is InChI=1S/C14H26N2O2.ClH/c1-14(2,3)18-13(17)16-12-5-4-11-9-15-7-6-10(11)8-12;/h10-12,15H,4-9H2,1-3H3,(H,16,17);1H/t10-,11-,12-;/m1./s1. The molecule has 0 spiro atoms. The first kappa shape index (κ1) is 16.6. The number of alkyl carbamates (subject to hydrolysis) is 1. The fraction of sp³-hybridized carbons (Fsp3) is 0.929. The van der Waals surface area contributed by atoms with Crippen LogP contribution < -0.4 is 10.6 Å². The Morgan fingerprint density at radius 3 is 2.63 bits per heavy atom. The summed E-state index contributed by atoms with van der Waals surface area (Å²) < 4.78 is 5.31. The predicted molar refractivity (Wildman–Crippen MR) is 78.7 cm³/mol. The van der Waals surface area contributed by atoms with Crippen molar-refractivity contribution in [1.29, 1.82) is 0 Å². The van der Waals surface area contributed by atoms with Gasteiger partial charge in [0.15, 0.2) is 0 Å². The molecule has 112 valence electrons. The van der Waals surface area contributed by atoms with Crippen molar-refractivity contribution < 1.29 is 9.53 Å². The predicted octanol–water partition coefficient (Wildman–Crippen LogP) is 2.71. The van der Waals surface area contributed by atoms with E-state index in [0.717, 1.165) is 37.8 Å². The van der Waals surface area contributed by atoms with Crippen LogP contribution in [0.3, 0.4) is 0 Å². The highest BCUT2D eigenvalue weighted by Crippen LogP contribution is 2.33. The summed E-state index contributed by atoms with van der Waals surface area (Å²) in [4.78, 5) is 11.7. The molecule has 2 N–H and O–H groups in total. The highest BCUT2D eigenvalue weighted by molar-refractivity contribution is 5.85. The number of hydrogen-bond donors (Lipinski definition) is 2. The first-order chi connectivity index (χ1) is 8.44. The van der Waals surface area contributed by atoms with Crippen molar-refractivity contribution in [1.82, 2.24) is 10.6 Å². The lowest BCUT2D eigenvalue weighted by atomic mass is 9.74. The van der Waals surface area contributed by atoms with Gasteiger partial charge >= 0.3 is 6.09 Å². The smallest absolute Gasteiger partial charge is 0.407 e. The van der Waals surface area contributed by atoms with Crippen LogP contribution in [0.1, 0.15) is 46.5 Å². The molecule has 1 aliphatic heterocycles. The minimum Gasteiger partial charge on any atom is -0.444 e. The lowest BCUT2D eigenvalue weighted by molar-refractivity contribution is 0.0462. The number of rotatable bonds is 1. The first-order valence-corrected chi connectivity index (χ1v) is 7.14. The molecular formula is C14H27ClN2O2. The number of piperidine rings is 1. The summed E-state index contributed by atoms with van der Waals surface area (Å²) >= 11 is 0. The molecule has 0 radical (unpaired) electrons. The zero-order valence-electron chi connectivity index (χ0n) is 12.2. The summed E-state index contributed by atoms with van der Waals surface area (Å²) in [7, 11) is 0. The SMILES string of the molecule is CC(C)(C)OC(=O)N[C@@H]1CC[C@@H]2CNCC[C@@H]2C1.Cl. The second kappa shape index (κ2) is 6.80. The third-order valence-corrected chi connectivity index (χ3v) is 3.96. The van der Waals surface area contributed by atoms with Crippen LogP contribution in [0.4, 0.5) is 4.79 Å². The van der Waals surface area contributed by atoms with Gasteiger partial charge in [-0.1, -0.05) is 0 Å². The van der Waals surface area contributed by atoms with E-state index in [-0.39, 0.29) is 18.5 Å². The number of hydrogen-bond acceptors (Lipinski definition) is 3. The van der Waals surface area contributed by atoms with E-state index in [0.29, 0.717) is 6.04 Å². The molecule has 1 saturated carbocycles. The van der Waals surface area contributed by atoms with Crippen LogP contribution in [0.5, 0.6) is 0 Å². The molecule has 1 amide bonds. The molecule has 2 fully saturated rings. The first-order valence-electron chi connectivity index (χ1n) is 7.14. The average molecular weight is 291 g/mol. The van der Waals surface area contributed by atoms with Gasteiger partial charge in [0.1, 0.15) is 5.60 Å². The number of amides is 1. The summed E-state index contributed by atoms with van der Waals surface area (Å²) in [5.41, 5.74) is -0.407. The van der Waals surface area contributed by atoms with Gasteiger partial charge in [0, 0.05) is 6.04 Å². The van der Waals surface area contributed by atoms with Crippen LogP contribution in [-0.2, 0) is 4.74 Å². The van der Waals surface area contributed by atoms with Crippen LogP contribution in [0.15, 0.2) is 0 Å². The number of carbonyl (C=O) groups excluding carboxylic acids is 1. The van der Waals surface area contributed by atoms with Gasteiger partial charge in [-0.25, -0.2) is 4.79 Å². The number of fused-ring (bicyclic) bond motifs is 1. The minimum absolute atomic E-state index is 0. The number of nitrogens with one attached hydrogen (secondary N) is 2. The summed E-state index contributed by atoms with van der Waals surface area (Å²) in [6.45, 7) is 7.98. The Hall–Kier alpha value is -0.480. The van der Waals surface area contributed by atoms with E-state index < -0.39 is 5.60 Å². The second-order valence-electron chi connectivity index (χ2n) is 6.67. The van der Waals surface area contributed by atoms with Crippen LogP contribution in [0.25, 0.3) is 0 Å². The third-order valence-electron chi connectivity index (χ3n) is 3.96. The second-order valence-corrected chi connectivity index (χ2v) is 6.67. The van der Waals surface area contributed by atoms with E-state index in [4.69, 9.17) is 4.74 Å². The van der Waals surface area contributed by atoms with Crippen molar-refractivity contribution in [3.05, 3.63) is 0 Å². The number of carbonyl (C=O) groups is 1. The molecule has 0 bridgehead atoms. The molecule has 2 aliphatic rings. The Labute approximate surface area is 122 Å². The molecule has 19 heavy (non-hydrogen) atoms. The zero-order valence-corrected chi connectivity index (χ0v) is 13.0. The minimum atomic E-state index is -0.407. The van der Waals surface area contributed by atoms with Crippen molar-refractivity contribution in [2.45, 2.75) is 58.1 Å². The van der Waals surface area contributed by atoms with Gasteiger partial charge in [-0.3, -0.25) is 0 Å². The van der Waals surface area contributed by atoms with Gasteiger partial charge < -0.3 is 15.4 Å². The summed E-state index contributed by atoms with van der Waals surface area (Å²) in [6, 6.07) is 0.305. The number of halogens is 1. The summed E-state index contributed by atoms with van der Waals surface area (Å²) in [5.74, 6) is 1.59. The Bertz CT molecular complexity index is 304. The van der Waals surface area contributed by atoms with Crippen molar-refractivity contribution in [3.8, 4) is 0 Å². The van der Waals surface area contributed by atoms with Gasteiger partial charge in [0.25, 0.3) is 0 Å². The molecule has 0 aromatic heterocycles. The molecule has 5 heteroatoms. The van der Waals surface area contributed by atoms with Crippen LogP contribution in [0, 0.1) is 11.8 Å². The molecule has 1 aliphatic carbocycles. The fourth-order valence-corrected chi connectivity index (χ4v) is 3.13. The van der Waals surface area contributed by atoms with Gasteiger partial charge in [-0.15, -0.1) is 12.4 Å². The Morgan fingerprint density at radius 1 is 1.21 bits per heavy atom. The Morgan fingerprint density at radius 2 is 1.95 bits per heavy atom. The van der Waals surface area contributed by atoms with Gasteiger partial charge in [-0.05, 0) is 71.4 Å². The van der Waals surface area contributed by atoms with Gasteiger partial charge in [0.2, 0.25) is 0 Å². The zero-order chi connectivity index (χ0) is 13.2. The van der Waals surface area contributed by atoms with Crippen LogP contribution in [-0.4, -0.2) is 30.8 Å². The monoisotopic (exact) mass is 290 g/mol. The molecule has 0 aromatic rings. The van der Waals surface area contributed by atoms with Gasteiger partial charge in [0.05, 0.1) is 0 Å². The molecule has 0 unspecified atom stereocenters. The lowest BCUT2D eigenvalue weighted by Gasteiger charge is -2.39. The molecule has 1 heterocycles. The van der Waals surface area contributed by atoms with E-state index >= 15 is 0 Å². The summed E-state index contributed by atoms with van der Waals surface area (Å²) in [5, 5.41) is 6.49. The van der Waals surface area contributed by atoms with Crippen molar-refractivity contribution in [3.63, 3.8) is 0 Å².